The summed E-state index contributed by atoms with van der Waals surface area (Å²) in [5.74, 6) is -0.432. The molecule has 0 fully saturated rings. The largest absolute Gasteiger partial charge is 0.452 e. The Hall–Kier alpha value is -3.25. The summed E-state index contributed by atoms with van der Waals surface area (Å²) in [6, 6.07) is 15.0. The Morgan fingerprint density at radius 1 is 1.14 bits per heavy atom. The van der Waals surface area contributed by atoms with E-state index in [4.69, 9.17) is 16.3 Å². The Morgan fingerprint density at radius 2 is 1.93 bits per heavy atom. The third kappa shape index (κ3) is 4.27. The van der Waals surface area contributed by atoms with Crippen LogP contribution >= 0.6 is 11.6 Å². The van der Waals surface area contributed by atoms with E-state index < -0.39 is 12.1 Å². The summed E-state index contributed by atoms with van der Waals surface area (Å²) in [4.78, 5) is 21.6. The fourth-order valence-corrected chi connectivity index (χ4v) is 3.30. The van der Waals surface area contributed by atoms with Gasteiger partial charge in [-0.3, -0.25) is 4.98 Å². The second-order valence-electron chi connectivity index (χ2n) is 6.88. The maximum atomic E-state index is 13.0. The van der Waals surface area contributed by atoms with E-state index in [1.807, 2.05) is 50.2 Å². The number of carbonyl (C=O) groups is 1. The summed E-state index contributed by atoms with van der Waals surface area (Å²) in [5, 5.41) is 5.64. The molecular formula is C22H19ClN4O2. The molecule has 2 heterocycles. The van der Waals surface area contributed by atoms with Crippen LogP contribution in [0.1, 0.15) is 33.3 Å². The number of benzene rings is 2. The van der Waals surface area contributed by atoms with E-state index in [1.54, 1.807) is 23.1 Å². The lowest BCUT2D eigenvalue weighted by Gasteiger charge is -2.19. The molecule has 146 valence electrons. The molecule has 7 heteroatoms. The van der Waals surface area contributed by atoms with Crippen LogP contribution in [0.4, 0.5) is 0 Å². The Kier molecular flexibility index (Phi) is 5.27. The van der Waals surface area contributed by atoms with Crippen LogP contribution in [0.3, 0.4) is 0 Å². The van der Waals surface area contributed by atoms with Gasteiger partial charge >= 0.3 is 5.97 Å². The molecule has 0 N–H and O–H groups in total. The van der Waals surface area contributed by atoms with E-state index in [2.05, 4.69) is 15.1 Å². The van der Waals surface area contributed by atoms with Crippen LogP contribution in [-0.4, -0.2) is 25.7 Å². The molecule has 2 aromatic carbocycles. The van der Waals surface area contributed by atoms with Crippen LogP contribution in [0.2, 0.25) is 5.02 Å². The van der Waals surface area contributed by atoms with Crippen molar-refractivity contribution in [2.75, 3.05) is 0 Å². The Morgan fingerprint density at radius 3 is 2.66 bits per heavy atom. The highest BCUT2D eigenvalue weighted by atomic mass is 35.5. The van der Waals surface area contributed by atoms with Crippen molar-refractivity contribution in [2.45, 2.75) is 26.5 Å². The maximum Gasteiger partial charge on any atom is 0.340 e. The third-order valence-electron chi connectivity index (χ3n) is 4.69. The number of halogens is 1. The normalized spacial score (nSPS) is 12.1. The molecule has 0 aliphatic heterocycles. The highest BCUT2D eigenvalue weighted by Crippen LogP contribution is 2.25. The number of aryl methyl sites for hydroxylation is 2. The monoisotopic (exact) mass is 406 g/mol. The van der Waals surface area contributed by atoms with Gasteiger partial charge in [0.1, 0.15) is 18.8 Å². The van der Waals surface area contributed by atoms with E-state index in [-0.39, 0.29) is 0 Å². The number of esters is 1. The van der Waals surface area contributed by atoms with Gasteiger partial charge in [0, 0.05) is 10.4 Å². The zero-order valence-electron chi connectivity index (χ0n) is 16.0. The summed E-state index contributed by atoms with van der Waals surface area (Å²) < 4.78 is 7.51. The zero-order valence-corrected chi connectivity index (χ0v) is 16.8. The zero-order chi connectivity index (χ0) is 20.4. The van der Waals surface area contributed by atoms with Gasteiger partial charge in [-0.05, 0) is 49.7 Å². The van der Waals surface area contributed by atoms with Crippen molar-refractivity contribution in [3.63, 3.8) is 0 Å². The Balaban J connectivity index is 1.66. The minimum absolute atomic E-state index is 0.340. The predicted molar refractivity (Wildman–Crippen MR) is 111 cm³/mol. The first kappa shape index (κ1) is 19.1. The fourth-order valence-electron chi connectivity index (χ4n) is 3.18. The van der Waals surface area contributed by atoms with E-state index in [0.717, 1.165) is 22.0 Å². The van der Waals surface area contributed by atoms with Crippen molar-refractivity contribution >= 4 is 28.5 Å². The average Bonchev–Trinajstić information content (AvgIpc) is 3.21. The minimum atomic E-state index is -0.547. The van der Waals surface area contributed by atoms with Crippen molar-refractivity contribution < 1.29 is 9.53 Å². The number of hydrogen-bond acceptors (Lipinski definition) is 5. The Bertz CT molecular complexity index is 1160. The van der Waals surface area contributed by atoms with Gasteiger partial charge < -0.3 is 4.74 Å². The molecule has 0 saturated carbocycles. The van der Waals surface area contributed by atoms with Crippen molar-refractivity contribution in [2.24, 2.45) is 0 Å². The second kappa shape index (κ2) is 8.01. The molecule has 0 bridgehead atoms. The number of fused-ring (bicyclic) bond motifs is 1. The second-order valence-corrected chi connectivity index (χ2v) is 7.32. The van der Waals surface area contributed by atoms with Gasteiger partial charge in [0.05, 0.1) is 23.3 Å². The lowest BCUT2D eigenvalue weighted by Crippen LogP contribution is -2.18. The first-order valence-electron chi connectivity index (χ1n) is 9.16. The number of carbonyl (C=O) groups excluding carboxylic acids is 1. The molecule has 1 atom stereocenters. The van der Waals surface area contributed by atoms with Crippen LogP contribution in [-0.2, 0) is 11.3 Å². The summed E-state index contributed by atoms with van der Waals surface area (Å²) in [6.45, 7) is 4.16. The summed E-state index contributed by atoms with van der Waals surface area (Å²) >= 11 is 6.01. The van der Waals surface area contributed by atoms with Crippen LogP contribution in [0, 0.1) is 13.8 Å². The number of hydrogen-bond donors (Lipinski definition) is 0. The SMILES string of the molecule is Cc1ccc2nc(C)c(C(=O)OC(Cn3cncn3)c3ccc(Cl)cc3)cc2c1. The van der Waals surface area contributed by atoms with Gasteiger partial charge in [-0.1, -0.05) is 35.4 Å². The van der Waals surface area contributed by atoms with E-state index in [1.165, 1.54) is 6.33 Å². The molecule has 0 radical (unpaired) electrons. The molecule has 4 aromatic rings. The molecule has 0 aliphatic rings. The highest BCUT2D eigenvalue weighted by molar-refractivity contribution is 6.30. The predicted octanol–water partition coefficient (Wildman–Crippen LogP) is 4.69. The van der Waals surface area contributed by atoms with Gasteiger partial charge in [0.2, 0.25) is 0 Å². The molecule has 4 rings (SSSR count). The topological polar surface area (TPSA) is 69.9 Å². The van der Waals surface area contributed by atoms with Gasteiger partial charge in [-0.2, -0.15) is 5.10 Å². The van der Waals surface area contributed by atoms with Crippen molar-refractivity contribution in [3.8, 4) is 0 Å². The lowest BCUT2D eigenvalue weighted by molar-refractivity contribution is 0.0245. The van der Waals surface area contributed by atoms with Gasteiger partial charge in [0.25, 0.3) is 0 Å². The van der Waals surface area contributed by atoms with Crippen molar-refractivity contribution in [1.82, 2.24) is 19.7 Å². The standard InChI is InChI=1S/C22H19ClN4O2/c1-14-3-8-20-17(9-14)10-19(15(2)26-20)22(28)29-21(11-27-13-24-12-25-27)16-4-6-18(23)7-5-16/h3-10,12-13,21H,11H2,1-2H3. The third-order valence-corrected chi connectivity index (χ3v) is 4.94. The van der Waals surface area contributed by atoms with Crippen LogP contribution in [0.15, 0.2) is 61.2 Å². The molecule has 1 unspecified atom stereocenters. The van der Waals surface area contributed by atoms with Crippen LogP contribution < -0.4 is 0 Å². The van der Waals surface area contributed by atoms with Crippen LogP contribution in [0.5, 0.6) is 0 Å². The molecule has 0 amide bonds. The first-order chi connectivity index (χ1) is 14.0. The quantitative estimate of drug-likeness (QED) is 0.449. The summed E-state index contributed by atoms with van der Waals surface area (Å²) in [5.41, 5.74) is 3.84. The van der Waals surface area contributed by atoms with Crippen molar-refractivity contribution in [3.05, 3.63) is 88.6 Å². The summed E-state index contributed by atoms with van der Waals surface area (Å²) in [6.07, 6.45) is 2.48. The molecule has 0 spiro atoms. The van der Waals surface area contributed by atoms with Gasteiger partial charge in [-0.15, -0.1) is 0 Å². The smallest absolute Gasteiger partial charge is 0.340 e. The minimum Gasteiger partial charge on any atom is -0.452 e. The fraction of sp³-hybridized carbons (Fsp3) is 0.182. The maximum absolute atomic E-state index is 13.0. The molecular weight excluding hydrogens is 388 g/mol. The number of aromatic nitrogens is 4. The Labute approximate surface area is 173 Å². The molecule has 0 aliphatic carbocycles. The van der Waals surface area contributed by atoms with E-state index in [9.17, 15) is 4.79 Å². The van der Waals surface area contributed by atoms with Gasteiger partial charge in [-0.25, -0.2) is 14.5 Å². The number of ether oxygens (including phenoxy) is 1. The first-order valence-corrected chi connectivity index (χ1v) is 9.54. The molecule has 6 nitrogen and oxygen atoms in total. The molecule has 2 aromatic heterocycles. The van der Waals surface area contributed by atoms with Gasteiger partial charge in [0.15, 0.2) is 0 Å². The van der Waals surface area contributed by atoms with Crippen molar-refractivity contribution in [1.29, 1.82) is 0 Å². The van der Waals surface area contributed by atoms with E-state index >= 15 is 0 Å². The highest BCUT2D eigenvalue weighted by Gasteiger charge is 2.21. The van der Waals surface area contributed by atoms with E-state index in [0.29, 0.717) is 22.8 Å². The lowest BCUT2D eigenvalue weighted by atomic mass is 10.1. The number of pyridine rings is 1. The van der Waals surface area contributed by atoms with Crippen LogP contribution in [0.25, 0.3) is 10.9 Å². The number of nitrogens with zero attached hydrogens (tertiary/aromatic N) is 4. The summed E-state index contributed by atoms with van der Waals surface area (Å²) in [7, 11) is 0. The number of rotatable bonds is 5. The molecule has 0 saturated heterocycles. The molecule has 29 heavy (non-hydrogen) atoms. The average molecular weight is 407 g/mol.